The molecule has 1 saturated heterocycles. The first kappa shape index (κ1) is 30.9. The van der Waals surface area contributed by atoms with Crippen molar-refractivity contribution in [1.29, 1.82) is 0 Å². The molecule has 45 heavy (non-hydrogen) atoms. The summed E-state index contributed by atoms with van der Waals surface area (Å²) in [6, 6.07) is 17.8. The van der Waals surface area contributed by atoms with Crippen molar-refractivity contribution in [3.05, 3.63) is 89.9 Å². The van der Waals surface area contributed by atoms with Crippen molar-refractivity contribution in [2.75, 3.05) is 10.7 Å². The molecule has 3 heterocycles. The van der Waals surface area contributed by atoms with E-state index in [0.29, 0.717) is 39.1 Å². The lowest BCUT2D eigenvalue weighted by Gasteiger charge is -2.32. The zero-order valence-electron chi connectivity index (χ0n) is 24.4. The van der Waals surface area contributed by atoms with E-state index in [4.69, 9.17) is 0 Å². The van der Waals surface area contributed by atoms with E-state index in [0.717, 1.165) is 23.4 Å². The van der Waals surface area contributed by atoms with Gasteiger partial charge in [-0.15, -0.1) is 18.3 Å². The van der Waals surface area contributed by atoms with E-state index in [1.165, 1.54) is 47.1 Å². The van der Waals surface area contributed by atoms with Gasteiger partial charge in [-0.25, -0.2) is 13.4 Å². The van der Waals surface area contributed by atoms with Gasteiger partial charge in [-0.2, -0.15) is 5.10 Å². The highest BCUT2D eigenvalue weighted by atomic mass is 32.2. The Hall–Kier alpha value is -4.14. The Kier molecular flexibility index (Phi) is 7.78. The van der Waals surface area contributed by atoms with Crippen LogP contribution >= 0.6 is 11.8 Å². The molecule has 234 valence electrons. The predicted molar refractivity (Wildman–Crippen MR) is 168 cm³/mol. The maximum atomic E-state index is 13.4. The van der Waals surface area contributed by atoms with Gasteiger partial charge in [0.15, 0.2) is 20.7 Å². The van der Waals surface area contributed by atoms with Crippen LogP contribution in [-0.2, 0) is 15.6 Å². The van der Waals surface area contributed by atoms with Crippen molar-refractivity contribution in [3.63, 3.8) is 0 Å². The monoisotopic (exact) mass is 655 g/mol. The second kappa shape index (κ2) is 11.3. The molecule has 1 fully saturated rings. The molecular formula is C31H28F3N5O4S2. The summed E-state index contributed by atoms with van der Waals surface area (Å²) < 4.78 is 70.0. The molecule has 2 aliphatic rings. The fourth-order valence-electron chi connectivity index (χ4n) is 5.39. The maximum absolute atomic E-state index is 13.4. The number of amidine groups is 1. The minimum absolute atomic E-state index is 0.0939. The molecule has 0 amide bonds. The Labute approximate surface area is 262 Å². The van der Waals surface area contributed by atoms with Gasteiger partial charge in [0.05, 0.1) is 28.3 Å². The molecule has 1 N–H and O–H groups in total. The summed E-state index contributed by atoms with van der Waals surface area (Å²) in [6.07, 6.45) is -1.92. The van der Waals surface area contributed by atoms with Crippen LogP contribution in [0.2, 0.25) is 0 Å². The first-order valence-electron chi connectivity index (χ1n) is 13.9. The summed E-state index contributed by atoms with van der Waals surface area (Å²) in [5, 5.41) is 20.3. The number of alkyl halides is 3. The molecule has 0 saturated carbocycles. The Bertz CT molecular complexity index is 1940. The molecule has 1 atom stereocenters. The summed E-state index contributed by atoms with van der Waals surface area (Å²) in [7, 11) is -3.80. The number of aromatic nitrogens is 2. The topological polar surface area (TPSA) is 109 Å². The number of hydrogen-bond donors (Lipinski definition) is 1. The summed E-state index contributed by atoms with van der Waals surface area (Å²) in [5.74, 6) is -0.127. The second-order valence-corrected chi connectivity index (χ2v) is 14.0. The number of fused-ring (bicyclic) bond motifs is 3. The van der Waals surface area contributed by atoms with Gasteiger partial charge >= 0.3 is 6.36 Å². The van der Waals surface area contributed by atoms with Gasteiger partial charge < -0.3 is 14.4 Å². The predicted octanol–water partition coefficient (Wildman–Crippen LogP) is 6.50. The van der Waals surface area contributed by atoms with Crippen LogP contribution in [-0.4, -0.2) is 52.3 Å². The maximum Gasteiger partial charge on any atom is 0.573 e. The molecule has 9 nitrogen and oxygen atoms in total. The molecule has 14 heteroatoms. The number of ether oxygens (including phenoxy) is 1. The standard InChI is InChI=1S/C31H28F3N5O4S2/c1-19(2)23-6-4-5-7-25(23)39-29(44-17-30(39,3)40)37-36-15-20-8-13-24-27(14-20)45(41,42)16-26-28(24)35-18-38(26)21-9-11-22(12-10-21)43-31(32,33)34/h4-15,18-19,40H,16-17H2,1-3H3. The second-order valence-electron chi connectivity index (χ2n) is 11.1. The Morgan fingerprint density at radius 3 is 2.56 bits per heavy atom. The average Bonchev–Trinajstić information content (AvgIpc) is 3.52. The van der Waals surface area contributed by atoms with E-state index in [1.807, 2.05) is 24.3 Å². The number of benzene rings is 3. The zero-order valence-corrected chi connectivity index (χ0v) is 26.0. The Morgan fingerprint density at radius 1 is 1.11 bits per heavy atom. The van der Waals surface area contributed by atoms with Crippen LogP contribution in [0.15, 0.2) is 88.2 Å². The van der Waals surface area contributed by atoms with Crippen LogP contribution < -0.4 is 9.64 Å². The number of nitrogens with zero attached hydrogens (tertiary/aromatic N) is 5. The third kappa shape index (κ3) is 6.09. The van der Waals surface area contributed by atoms with Crippen LogP contribution in [0.3, 0.4) is 0 Å². The lowest BCUT2D eigenvalue weighted by Crippen LogP contribution is -2.45. The van der Waals surface area contributed by atoms with Gasteiger partial charge in [0.25, 0.3) is 0 Å². The van der Waals surface area contributed by atoms with Gasteiger partial charge in [0.2, 0.25) is 0 Å². The van der Waals surface area contributed by atoms with E-state index in [9.17, 15) is 26.7 Å². The SMILES string of the molecule is CC(C)c1ccccc1N1C(=NN=Cc2ccc3c(c2)S(=O)(=O)Cc2c-3ncn2-c2ccc(OC(F)(F)F)cc2)SCC1(C)O. The molecule has 0 radical (unpaired) electrons. The molecule has 0 aliphatic carbocycles. The Balaban J connectivity index is 1.29. The number of hydrogen-bond acceptors (Lipinski definition) is 8. The number of rotatable bonds is 6. The third-order valence-corrected chi connectivity index (χ3v) is 10.3. The first-order valence-corrected chi connectivity index (χ1v) is 16.5. The largest absolute Gasteiger partial charge is 0.573 e. The van der Waals surface area contributed by atoms with Crippen molar-refractivity contribution in [1.82, 2.24) is 9.55 Å². The number of halogens is 3. The summed E-state index contributed by atoms with van der Waals surface area (Å²) in [5.41, 5.74) is 2.94. The van der Waals surface area contributed by atoms with Crippen molar-refractivity contribution >= 4 is 38.7 Å². The van der Waals surface area contributed by atoms with E-state index in [-0.39, 0.29) is 22.3 Å². The van der Waals surface area contributed by atoms with Gasteiger partial charge in [-0.3, -0.25) is 4.90 Å². The van der Waals surface area contributed by atoms with Crippen molar-refractivity contribution in [3.8, 4) is 22.7 Å². The van der Waals surface area contributed by atoms with E-state index >= 15 is 0 Å². The summed E-state index contributed by atoms with van der Waals surface area (Å²) >= 11 is 1.37. The lowest BCUT2D eigenvalue weighted by molar-refractivity contribution is -0.274. The first-order chi connectivity index (χ1) is 21.2. The van der Waals surface area contributed by atoms with Crippen LogP contribution in [0, 0.1) is 0 Å². The number of thioether (sulfide) groups is 1. The highest BCUT2D eigenvalue weighted by Crippen LogP contribution is 2.40. The molecule has 6 rings (SSSR count). The molecular weight excluding hydrogens is 628 g/mol. The smallest absolute Gasteiger partial charge is 0.406 e. The number of anilines is 1. The van der Waals surface area contributed by atoms with E-state index in [1.54, 1.807) is 24.0 Å². The summed E-state index contributed by atoms with van der Waals surface area (Å²) in [6.45, 7) is 5.89. The Morgan fingerprint density at radius 2 is 1.84 bits per heavy atom. The fraction of sp³-hybridized carbons (Fsp3) is 0.258. The van der Waals surface area contributed by atoms with E-state index in [2.05, 4.69) is 33.8 Å². The average molecular weight is 656 g/mol. The number of imidazole rings is 1. The number of sulfone groups is 1. The molecule has 4 aromatic rings. The highest BCUT2D eigenvalue weighted by molar-refractivity contribution is 8.14. The number of para-hydroxylation sites is 1. The molecule has 3 aromatic carbocycles. The van der Waals surface area contributed by atoms with Crippen LogP contribution in [0.25, 0.3) is 16.9 Å². The van der Waals surface area contributed by atoms with Gasteiger partial charge in [-0.1, -0.05) is 55.9 Å². The molecule has 2 aliphatic heterocycles. The van der Waals surface area contributed by atoms with Crippen LogP contribution in [0.5, 0.6) is 5.75 Å². The van der Waals surface area contributed by atoms with Crippen LogP contribution in [0.4, 0.5) is 18.9 Å². The number of aliphatic hydroxyl groups is 1. The van der Waals surface area contributed by atoms with Crippen LogP contribution in [0.1, 0.15) is 43.5 Å². The van der Waals surface area contributed by atoms with Gasteiger partial charge in [-0.05, 0) is 60.4 Å². The normalized spacial score (nSPS) is 20.2. The lowest BCUT2D eigenvalue weighted by atomic mass is 9.99. The van der Waals surface area contributed by atoms with E-state index < -0.39 is 21.9 Å². The molecule has 1 unspecified atom stereocenters. The third-order valence-electron chi connectivity index (χ3n) is 7.43. The minimum atomic E-state index is -4.82. The minimum Gasteiger partial charge on any atom is -0.406 e. The van der Waals surface area contributed by atoms with Crippen molar-refractivity contribution in [2.24, 2.45) is 10.2 Å². The van der Waals surface area contributed by atoms with Crippen molar-refractivity contribution < 1.29 is 31.4 Å². The highest BCUT2D eigenvalue weighted by Gasteiger charge is 2.41. The van der Waals surface area contributed by atoms with Gasteiger partial charge in [0.1, 0.15) is 12.1 Å². The molecule has 0 bridgehead atoms. The molecule has 1 aromatic heterocycles. The van der Waals surface area contributed by atoms with Crippen molar-refractivity contribution in [2.45, 2.75) is 49.4 Å². The molecule has 0 spiro atoms. The fourth-order valence-corrected chi connectivity index (χ4v) is 8.06. The zero-order chi connectivity index (χ0) is 32.1. The quantitative estimate of drug-likeness (QED) is 0.187. The van der Waals surface area contributed by atoms with Gasteiger partial charge in [0, 0.05) is 22.7 Å². The summed E-state index contributed by atoms with van der Waals surface area (Å²) in [4.78, 5) is 6.30.